The maximum atomic E-state index is 12.0. The van der Waals surface area contributed by atoms with Crippen molar-refractivity contribution < 1.29 is 4.79 Å². The van der Waals surface area contributed by atoms with Crippen molar-refractivity contribution >= 4 is 22.4 Å². The summed E-state index contributed by atoms with van der Waals surface area (Å²) in [5.41, 5.74) is 1.77. The van der Waals surface area contributed by atoms with Gasteiger partial charge in [-0.2, -0.15) is 0 Å². The highest BCUT2D eigenvalue weighted by Crippen LogP contribution is 2.18. The van der Waals surface area contributed by atoms with Crippen LogP contribution in [0.1, 0.15) is 20.9 Å². The summed E-state index contributed by atoms with van der Waals surface area (Å²) in [5.74, 6) is -0.223. The second kappa shape index (κ2) is 6.91. The third kappa shape index (κ3) is 3.73. The maximum absolute atomic E-state index is 12.0. The Morgan fingerprint density at radius 1 is 1.05 bits per heavy atom. The molecule has 6 heteroatoms. The van der Waals surface area contributed by atoms with E-state index in [0.29, 0.717) is 10.7 Å². The fourth-order valence-electron chi connectivity index (χ4n) is 1.97. The van der Waals surface area contributed by atoms with Crippen molar-refractivity contribution in [3.05, 3.63) is 71.0 Å². The Kier molecular flexibility index (Phi) is 4.50. The summed E-state index contributed by atoms with van der Waals surface area (Å²) < 4.78 is 0. The molecule has 1 N–H and O–H groups in total. The first-order valence-electron chi connectivity index (χ1n) is 6.89. The topological polar surface area (TPSA) is 67.8 Å². The highest BCUT2D eigenvalue weighted by Gasteiger charge is 2.10. The van der Waals surface area contributed by atoms with Crippen molar-refractivity contribution in [1.29, 1.82) is 0 Å². The van der Waals surface area contributed by atoms with Gasteiger partial charge >= 0.3 is 0 Å². The molecule has 0 atom stereocenters. The number of anilines is 1. The molecule has 0 spiro atoms. The Balaban J connectivity index is 1.58. The first kappa shape index (κ1) is 14.3. The van der Waals surface area contributed by atoms with Crippen LogP contribution in [0.4, 0.5) is 5.13 Å². The van der Waals surface area contributed by atoms with Crippen molar-refractivity contribution in [2.24, 2.45) is 0 Å². The Bertz CT molecular complexity index is 743. The zero-order valence-electron chi connectivity index (χ0n) is 11.8. The van der Waals surface area contributed by atoms with Gasteiger partial charge in [0.1, 0.15) is 5.01 Å². The molecule has 2 aromatic heterocycles. The lowest BCUT2D eigenvalue weighted by atomic mass is 10.1. The van der Waals surface area contributed by atoms with E-state index < -0.39 is 0 Å². The molecule has 0 aliphatic carbocycles. The number of rotatable bonds is 5. The molecule has 0 aliphatic rings. The van der Waals surface area contributed by atoms with Crippen LogP contribution in [0.15, 0.2) is 54.9 Å². The van der Waals surface area contributed by atoms with Crippen LogP contribution in [0, 0.1) is 0 Å². The molecule has 0 saturated carbocycles. The number of aryl methyl sites for hydroxylation is 2. The van der Waals surface area contributed by atoms with Crippen molar-refractivity contribution in [3.63, 3.8) is 0 Å². The fraction of sp³-hybridized carbons (Fsp3) is 0.125. The average Bonchev–Trinajstić information content (AvgIpc) is 3.02. The van der Waals surface area contributed by atoms with E-state index in [1.807, 2.05) is 18.2 Å². The summed E-state index contributed by atoms with van der Waals surface area (Å²) in [6.07, 6.45) is 4.87. The minimum absolute atomic E-state index is 0.223. The van der Waals surface area contributed by atoms with E-state index in [1.165, 1.54) is 23.1 Å². The Hall–Kier alpha value is -2.60. The fourth-order valence-corrected chi connectivity index (χ4v) is 2.70. The largest absolute Gasteiger partial charge is 0.296 e. The van der Waals surface area contributed by atoms with Gasteiger partial charge in [-0.25, -0.2) is 0 Å². The van der Waals surface area contributed by atoms with Crippen LogP contribution in [-0.4, -0.2) is 21.1 Å². The number of carbonyl (C=O) groups is 1. The summed E-state index contributed by atoms with van der Waals surface area (Å²) in [7, 11) is 0. The zero-order chi connectivity index (χ0) is 15.2. The van der Waals surface area contributed by atoms with Crippen LogP contribution in [0.25, 0.3) is 0 Å². The summed E-state index contributed by atoms with van der Waals surface area (Å²) in [6.45, 7) is 0. The molecule has 0 aliphatic heterocycles. The van der Waals surface area contributed by atoms with Crippen LogP contribution in [-0.2, 0) is 12.8 Å². The number of benzene rings is 1. The van der Waals surface area contributed by atoms with Gasteiger partial charge in [-0.15, -0.1) is 10.2 Å². The van der Waals surface area contributed by atoms with Gasteiger partial charge in [-0.3, -0.25) is 15.1 Å². The molecular formula is C16H14N4OS. The molecule has 3 aromatic rings. The van der Waals surface area contributed by atoms with E-state index >= 15 is 0 Å². The first-order valence-corrected chi connectivity index (χ1v) is 7.70. The molecule has 5 nitrogen and oxygen atoms in total. The highest BCUT2D eigenvalue weighted by atomic mass is 32.1. The number of hydrogen-bond donors (Lipinski definition) is 1. The second-order valence-electron chi connectivity index (χ2n) is 4.68. The Morgan fingerprint density at radius 2 is 1.91 bits per heavy atom. The predicted octanol–water partition coefficient (Wildman–Crippen LogP) is 2.97. The van der Waals surface area contributed by atoms with E-state index in [4.69, 9.17) is 0 Å². The molecule has 0 saturated heterocycles. The SMILES string of the molecule is O=C(Nc1nnc(CCc2ccccc2)s1)c1cccnc1. The Morgan fingerprint density at radius 3 is 2.68 bits per heavy atom. The number of nitrogens with one attached hydrogen (secondary N) is 1. The number of hydrogen-bond acceptors (Lipinski definition) is 5. The third-order valence-electron chi connectivity index (χ3n) is 3.08. The molecular weight excluding hydrogens is 296 g/mol. The molecule has 1 aromatic carbocycles. The summed E-state index contributed by atoms with van der Waals surface area (Å²) in [4.78, 5) is 15.9. The van der Waals surface area contributed by atoms with E-state index in [1.54, 1.807) is 18.3 Å². The molecule has 2 heterocycles. The number of pyridine rings is 1. The average molecular weight is 310 g/mol. The number of nitrogens with zero attached hydrogens (tertiary/aromatic N) is 3. The van der Waals surface area contributed by atoms with Crippen molar-refractivity contribution in [2.75, 3.05) is 5.32 Å². The lowest BCUT2D eigenvalue weighted by Crippen LogP contribution is -2.11. The van der Waals surface area contributed by atoms with Crippen molar-refractivity contribution in [3.8, 4) is 0 Å². The lowest BCUT2D eigenvalue weighted by molar-refractivity contribution is 0.102. The third-order valence-corrected chi connectivity index (χ3v) is 3.98. The molecule has 0 bridgehead atoms. The van der Waals surface area contributed by atoms with Gasteiger partial charge in [-0.05, 0) is 24.1 Å². The van der Waals surface area contributed by atoms with Gasteiger partial charge in [0, 0.05) is 18.8 Å². The lowest BCUT2D eigenvalue weighted by Gasteiger charge is -1.99. The van der Waals surface area contributed by atoms with Crippen LogP contribution in [0.3, 0.4) is 0 Å². The summed E-state index contributed by atoms with van der Waals surface area (Å²) in [6, 6.07) is 13.7. The molecule has 0 fully saturated rings. The summed E-state index contributed by atoms with van der Waals surface area (Å²) in [5, 5.41) is 12.3. The Labute approximate surface area is 132 Å². The van der Waals surface area contributed by atoms with Gasteiger partial charge in [0.2, 0.25) is 5.13 Å². The number of aromatic nitrogens is 3. The molecule has 1 amide bonds. The predicted molar refractivity (Wildman–Crippen MR) is 85.9 cm³/mol. The summed E-state index contributed by atoms with van der Waals surface area (Å²) >= 11 is 1.40. The normalized spacial score (nSPS) is 10.4. The smallest absolute Gasteiger partial charge is 0.259 e. The highest BCUT2D eigenvalue weighted by molar-refractivity contribution is 7.15. The molecule has 110 valence electrons. The van der Waals surface area contributed by atoms with Gasteiger partial charge in [0.15, 0.2) is 0 Å². The molecule has 0 unspecified atom stereocenters. The van der Waals surface area contributed by atoms with E-state index in [2.05, 4.69) is 32.6 Å². The maximum Gasteiger partial charge on any atom is 0.259 e. The number of carbonyl (C=O) groups excluding carboxylic acids is 1. The molecule has 0 radical (unpaired) electrons. The van der Waals surface area contributed by atoms with E-state index in [-0.39, 0.29) is 5.91 Å². The van der Waals surface area contributed by atoms with Crippen LogP contribution in [0.2, 0.25) is 0 Å². The first-order chi connectivity index (χ1) is 10.8. The minimum atomic E-state index is -0.223. The minimum Gasteiger partial charge on any atom is -0.296 e. The van der Waals surface area contributed by atoms with Crippen LogP contribution in [0.5, 0.6) is 0 Å². The molecule has 22 heavy (non-hydrogen) atoms. The van der Waals surface area contributed by atoms with Gasteiger partial charge in [0.25, 0.3) is 5.91 Å². The van der Waals surface area contributed by atoms with Gasteiger partial charge in [0.05, 0.1) is 5.56 Å². The molecule has 3 rings (SSSR count). The zero-order valence-corrected chi connectivity index (χ0v) is 12.6. The van der Waals surface area contributed by atoms with Crippen LogP contribution < -0.4 is 5.32 Å². The van der Waals surface area contributed by atoms with E-state index in [0.717, 1.165) is 17.8 Å². The monoisotopic (exact) mass is 310 g/mol. The van der Waals surface area contributed by atoms with Gasteiger partial charge < -0.3 is 0 Å². The van der Waals surface area contributed by atoms with Crippen molar-refractivity contribution in [1.82, 2.24) is 15.2 Å². The van der Waals surface area contributed by atoms with E-state index in [9.17, 15) is 4.79 Å². The number of amides is 1. The van der Waals surface area contributed by atoms with Crippen LogP contribution >= 0.6 is 11.3 Å². The second-order valence-corrected chi connectivity index (χ2v) is 5.74. The van der Waals surface area contributed by atoms with Crippen molar-refractivity contribution in [2.45, 2.75) is 12.8 Å². The quantitative estimate of drug-likeness (QED) is 0.786. The standard InChI is InChI=1S/C16H14N4OS/c21-15(13-7-4-10-17-11-13)18-16-20-19-14(22-16)9-8-12-5-2-1-3-6-12/h1-7,10-11H,8-9H2,(H,18,20,21). The van der Waals surface area contributed by atoms with Gasteiger partial charge in [-0.1, -0.05) is 41.7 Å².